The Hall–Kier alpha value is -1.75. The van der Waals surface area contributed by atoms with Crippen LogP contribution in [0.1, 0.15) is 12.7 Å². The lowest BCUT2D eigenvalue weighted by molar-refractivity contribution is -0.115. The Bertz CT molecular complexity index is 525. The summed E-state index contributed by atoms with van der Waals surface area (Å²) in [5.74, 6) is 1.05. The van der Waals surface area contributed by atoms with Crippen molar-refractivity contribution in [1.29, 1.82) is 0 Å². The highest BCUT2D eigenvalue weighted by Gasteiger charge is 2.14. The molecule has 19 heavy (non-hydrogen) atoms. The van der Waals surface area contributed by atoms with Gasteiger partial charge in [-0.1, -0.05) is 0 Å². The fourth-order valence-electron chi connectivity index (χ4n) is 1.45. The number of nitrogens with one attached hydrogen (secondary N) is 1. The maximum absolute atomic E-state index is 12.7. The van der Waals surface area contributed by atoms with Crippen LogP contribution >= 0.6 is 11.8 Å². The van der Waals surface area contributed by atoms with Gasteiger partial charge in [0.25, 0.3) is 0 Å². The number of hydrogen-bond acceptors (Lipinski definition) is 3. The smallest absolute Gasteiger partial charge is 0.237 e. The molecular formula is C14H14FNO2S. The van der Waals surface area contributed by atoms with Crippen LogP contribution in [0.4, 0.5) is 10.1 Å². The van der Waals surface area contributed by atoms with Gasteiger partial charge >= 0.3 is 0 Å². The molecule has 0 unspecified atom stereocenters. The van der Waals surface area contributed by atoms with Crippen molar-refractivity contribution in [2.45, 2.75) is 17.9 Å². The molecule has 0 fully saturated rings. The zero-order chi connectivity index (χ0) is 13.7. The van der Waals surface area contributed by atoms with Crippen LogP contribution < -0.4 is 5.32 Å². The fourth-order valence-corrected chi connectivity index (χ4v) is 2.24. The number of carbonyl (C=O) groups is 1. The minimum Gasteiger partial charge on any atom is -0.468 e. The Labute approximate surface area is 115 Å². The van der Waals surface area contributed by atoms with Gasteiger partial charge in [-0.05, 0) is 43.3 Å². The Kier molecular flexibility index (Phi) is 4.63. The number of hydrogen-bond donors (Lipinski definition) is 1. The molecule has 0 spiro atoms. The predicted octanol–water partition coefficient (Wildman–Crippen LogP) is 3.68. The van der Waals surface area contributed by atoms with Crippen LogP contribution in [-0.2, 0) is 10.5 Å². The molecule has 2 aromatic rings. The quantitative estimate of drug-likeness (QED) is 0.907. The lowest BCUT2D eigenvalue weighted by Gasteiger charge is -2.11. The summed E-state index contributed by atoms with van der Waals surface area (Å²) in [4.78, 5) is 11.9. The average Bonchev–Trinajstić information content (AvgIpc) is 2.91. The maximum atomic E-state index is 12.7. The highest BCUT2D eigenvalue weighted by molar-refractivity contribution is 7.99. The van der Waals surface area contributed by atoms with Gasteiger partial charge in [0.15, 0.2) is 0 Å². The predicted molar refractivity (Wildman–Crippen MR) is 74.5 cm³/mol. The standard InChI is InChI=1S/C14H14FNO2S/c1-10(19-9-13-3-2-8-18-13)14(17)16-12-6-4-11(15)5-7-12/h2-8,10H,9H2,1H3,(H,16,17)/t10-/m1/s1. The van der Waals surface area contributed by atoms with E-state index >= 15 is 0 Å². The minimum atomic E-state index is -0.321. The van der Waals surface area contributed by atoms with Gasteiger partial charge in [-0.25, -0.2) is 4.39 Å². The Morgan fingerprint density at radius 2 is 2.11 bits per heavy atom. The Morgan fingerprint density at radius 3 is 2.74 bits per heavy atom. The van der Waals surface area contributed by atoms with E-state index in [2.05, 4.69) is 5.32 Å². The van der Waals surface area contributed by atoms with Crippen LogP contribution in [0.5, 0.6) is 0 Å². The number of anilines is 1. The molecule has 0 aliphatic carbocycles. The molecule has 100 valence electrons. The van der Waals surface area contributed by atoms with E-state index in [0.717, 1.165) is 5.76 Å². The number of furan rings is 1. The summed E-state index contributed by atoms with van der Waals surface area (Å²) in [5, 5.41) is 2.53. The second-order valence-electron chi connectivity index (χ2n) is 4.03. The molecule has 1 amide bonds. The van der Waals surface area contributed by atoms with Crippen LogP contribution in [-0.4, -0.2) is 11.2 Å². The summed E-state index contributed by atoms with van der Waals surface area (Å²) in [6.07, 6.45) is 1.61. The number of thioether (sulfide) groups is 1. The highest BCUT2D eigenvalue weighted by Crippen LogP contribution is 2.19. The van der Waals surface area contributed by atoms with E-state index in [-0.39, 0.29) is 17.0 Å². The number of carbonyl (C=O) groups excluding carboxylic acids is 1. The van der Waals surface area contributed by atoms with Crippen molar-refractivity contribution in [1.82, 2.24) is 0 Å². The second kappa shape index (κ2) is 6.43. The van der Waals surface area contributed by atoms with Gasteiger partial charge in [0, 0.05) is 5.69 Å². The van der Waals surface area contributed by atoms with E-state index < -0.39 is 0 Å². The third kappa shape index (κ3) is 4.13. The first-order chi connectivity index (χ1) is 9.15. The van der Waals surface area contributed by atoms with Gasteiger partial charge < -0.3 is 9.73 Å². The third-order valence-corrected chi connectivity index (χ3v) is 3.70. The lowest BCUT2D eigenvalue weighted by Crippen LogP contribution is -2.22. The van der Waals surface area contributed by atoms with Gasteiger partial charge in [0.2, 0.25) is 5.91 Å². The Morgan fingerprint density at radius 1 is 1.37 bits per heavy atom. The molecule has 1 aromatic carbocycles. The topological polar surface area (TPSA) is 42.2 Å². The van der Waals surface area contributed by atoms with Gasteiger partial charge in [0.05, 0.1) is 17.3 Å². The van der Waals surface area contributed by atoms with Crippen LogP contribution in [0.3, 0.4) is 0 Å². The number of halogens is 1. The summed E-state index contributed by atoms with van der Waals surface area (Å²) in [6, 6.07) is 9.40. The van der Waals surface area contributed by atoms with E-state index in [1.54, 1.807) is 6.26 Å². The van der Waals surface area contributed by atoms with Crippen molar-refractivity contribution in [2.24, 2.45) is 0 Å². The van der Waals surface area contributed by atoms with E-state index in [1.165, 1.54) is 36.0 Å². The maximum Gasteiger partial charge on any atom is 0.237 e. The molecule has 5 heteroatoms. The summed E-state index contributed by atoms with van der Waals surface area (Å²) >= 11 is 1.48. The fraction of sp³-hybridized carbons (Fsp3) is 0.214. The number of benzene rings is 1. The van der Waals surface area contributed by atoms with Crippen LogP contribution in [0.2, 0.25) is 0 Å². The highest BCUT2D eigenvalue weighted by atomic mass is 32.2. The molecule has 1 atom stereocenters. The molecule has 1 heterocycles. The molecule has 0 radical (unpaired) electrons. The van der Waals surface area contributed by atoms with Gasteiger partial charge in [-0.2, -0.15) is 0 Å². The second-order valence-corrected chi connectivity index (χ2v) is 5.36. The van der Waals surface area contributed by atoms with Crippen molar-refractivity contribution < 1.29 is 13.6 Å². The zero-order valence-electron chi connectivity index (χ0n) is 10.4. The largest absolute Gasteiger partial charge is 0.468 e. The molecule has 0 saturated heterocycles. The molecule has 1 aromatic heterocycles. The molecule has 0 saturated carbocycles. The van der Waals surface area contributed by atoms with Crippen LogP contribution in [0.25, 0.3) is 0 Å². The SMILES string of the molecule is C[C@@H](SCc1ccco1)C(=O)Nc1ccc(F)cc1. The molecule has 0 aliphatic heterocycles. The molecule has 3 nitrogen and oxygen atoms in total. The van der Waals surface area contributed by atoms with Crippen molar-refractivity contribution in [2.75, 3.05) is 5.32 Å². The van der Waals surface area contributed by atoms with Gasteiger partial charge in [-0.3, -0.25) is 4.79 Å². The summed E-state index contributed by atoms with van der Waals surface area (Å²) in [6.45, 7) is 1.83. The normalized spacial score (nSPS) is 12.1. The monoisotopic (exact) mass is 279 g/mol. The van der Waals surface area contributed by atoms with Gasteiger partial charge in [-0.15, -0.1) is 11.8 Å². The molecule has 1 N–H and O–H groups in total. The first-order valence-corrected chi connectivity index (χ1v) is 6.90. The van der Waals surface area contributed by atoms with Gasteiger partial charge in [0.1, 0.15) is 11.6 Å². The van der Waals surface area contributed by atoms with Crippen LogP contribution in [0, 0.1) is 5.82 Å². The molecule has 0 aliphatic rings. The lowest BCUT2D eigenvalue weighted by atomic mass is 10.3. The Balaban J connectivity index is 1.83. The molecule has 0 bridgehead atoms. The van der Waals surface area contributed by atoms with Crippen molar-refractivity contribution in [3.8, 4) is 0 Å². The summed E-state index contributed by atoms with van der Waals surface area (Å²) < 4.78 is 17.9. The van der Waals surface area contributed by atoms with E-state index in [9.17, 15) is 9.18 Å². The van der Waals surface area contributed by atoms with E-state index in [1.807, 2.05) is 19.1 Å². The zero-order valence-corrected chi connectivity index (χ0v) is 11.2. The van der Waals surface area contributed by atoms with Crippen LogP contribution in [0.15, 0.2) is 47.1 Å². The van der Waals surface area contributed by atoms with E-state index in [4.69, 9.17) is 4.42 Å². The minimum absolute atomic E-state index is 0.108. The molecular weight excluding hydrogens is 265 g/mol. The number of amides is 1. The molecule has 2 rings (SSSR count). The first-order valence-electron chi connectivity index (χ1n) is 5.85. The van der Waals surface area contributed by atoms with Crippen molar-refractivity contribution in [3.63, 3.8) is 0 Å². The number of rotatable bonds is 5. The van der Waals surface area contributed by atoms with Crippen molar-refractivity contribution in [3.05, 3.63) is 54.2 Å². The average molecular weight is 279 g/mol. The van der Waals surface area contributed by atoms with Crippen molar-refractivity contribution >= 4 is 23.4 Å². The third-order valence-electron chi connectivity index (χ3n) is 2.54. The summed E-state index contributed by atoms with van der Waals surface area (Å²) in [7, 11) is 0. The van der Waals surface area contributed by atoms with E-state index in [0.29, 0.717) is 11.4 Å². The first kappa shape index (κ1) is 13.7. The summed E-state index contributed by atoms with van der Waals surface area (Å²) in [5.41, 5.74) is 0.594.